The van der Waals surface area contributed by atoms with Crippen molar-refractivity contribution in [2.24, 2.45) is 16.5 Å². The van der Waals surface area contributed by atoms with Gasteiger partial charge in [0.1, 0.15) is 5.75 Å². The SMILES string of the molecule is COc1cc(NCCCCCN=C(N)N)c2ncccc2c1.O=[N+]([O-])O. The Kier molecular flexibility index (Phi) is 9.01. The van der Waals surface area contributed by atoms with Crippen LogP contribution >= 0.6 is 0 Å². The molecule has 142 valence electrons. The van der Waals surface area contributed by atoms with E-state index in [1.165, 1.54) is 0 Å². The van der Waals surface area contributed by atoms with Gasteiger partial charge < -0.3 is 26.7 Å². The molecule has 1 aromatic heterocycles. The monoisotopic (exact) mass is 364 g/mol. The van der Waals surface area contributed by atoms with Crippen LogP contribution in [0.25, 0.3) is 10.9 Å². The van der Waals surface area contributed by atoms with Crippen molar-refractivity contribution >= 4 is 22.5 Å². The van der Waals surface area contributed by atoms with E-state index in [1.807, 2.05) is 24.3 Å². The van der Waals surface area contributed by atoms with Crippen molar-refractivity contribution in [3.63, 3.8) is 0 Å². The highest BCUT2D eigenvalue weighted by molar-refractivity contribution is 5.91. The molecule has 0 radical (unpaired) electrons. The number of aromatic nitrogens is 1. The average molecular weight is 364 g/mol. The van der Waals surface area contributed by atoms with E-state index >= 15 is 0 Å². The Morgan fingerprint density at radius 3 is 2.77 bits per heavy atom. The quantitative estimate of drug-likeness (QED) is 0.181. The van der Waals surface area contributed by atoms with Crippen LogP contribution < -0.4 is 21.5 Å². The van der Waals surface area contributed by atoms with Gasteiger partial charge in [0.15, 0.2) is 5.96 Å². The number of nitrogens with zero attached hydrogens (tertiary/aromatic N) is 3. The average Bonchev–Trinajstić information content (AvgIpc) is 2.59. The second-order valence-electron chi connectivity index (χ2n) is 5.28. The molecule has 0 aliphatic carbocycles. The van der Waals surface area contributed by atoms with Crippen molar-refractivity contribution in [2.75, 3.05) is 25.5 Å². The number of aliphatic imine (C=N–C) groups is 1. The zero-order valence-corrected chi connectivity index (χ0v) is 14.6. The molecule has 6 N–H and O–H groups in total. The predicted molar refractivity (Wildman–Crippen MR) is 100 cm³/mol. The lowest BCUT2D eigenvalue weighted by Crippen LogP contribution is -2.22. The predicted octanol–water partition coefficient (Wildman–Crippen LogP) is 1.75. The molecule has 0 aliphatic heterocycles. The van der Waals surface area contributed by atoms with Crippen LogP contribution in [-0.4, -0.2) is 41.4 Å². The number of guanidine groups is 1. The summed E-state index contributed by atoms with van der Waals surface area (Å²) in [6, 6.07) is 7.93. The molecule has 0 amide bonds. The van der Waals surface area contributed by atoms with Crippen molar-refractivity contribution in [3.05, 3.63) is 40.6 Å². The molecule has 0 saturated heterocycles. The summed E-state index contributed by atoms with van der Waals surface area (Å²) in [7, 11) is 1.67. The summed E-state index contributed by atoms with van der Waals surface area (Å²) < 4.78 is 5.34. The molecular weight excluding hydrogens is 340 g/mol. The topological polar surface area (TPSA) is 162 Å². The summed E-state index contributed by atoms with van der Waals surface area (Å²) in [4.78, 5) is 16.8. The third-order valence-corrected chi connectivity index (χ3v) is 3.36. The first-order valence-corrected chi connectivity index (χ1v) is 7.99. The van der Waals surface area contributed by atoms with Gasteiger partial charge in [-0.1, -0.05) is 6.07 Å². The van der Waals surface area contributed by atoms with Crippen LogP contribution in [0.15, 0.2) is 35.5 Å². The van der Waals surface area contributed by atoms with Crippen molar-refractivity contribution in [1.29, 1.82) is 0 Å². The van der Waals surface area contributed by atoms with E-state index in [1.54, 1.807) is 13.3 Å². The third-order valence-electron chi connectivity index (χ3n) is 3.36. The number of nitrogens with one attached hydrogen (secondary N) is 1. The molecule has 0 saturated carbocycles. The molecule has 2 aromatic rings. The maximum absolute atomic E-state index is 8.36. The number of hydrogen-bond donors (Lipinski definition) is 4. The molecule has 2 rings (SSSR count). The van der Waals surface area contributed by atoms with Gasteiger partial charge in [-0.3, -0.25) is 9.98 Å². The minimum absolute atomic E-state index is 0.159. The van der Waals surface area contributed by atoms with Crippen LogP contribution in [0.2, 0.25) is 0 Å². The first kappa shape index (κ1) is 20.7. The van der Waals surface area contributed by atoms with E-state index in [4.69, 9.17) is 31.5 Å². The van der Waals surface area contributed by atoms with Gasteiger partial charge in [0, 0.05) is 30.7 Å². The zero-order chi connectivity index (χ0) is 19.4. The lowest BCUT2D eigenvalue weighted by atomic mass is 10.1. The fourth-order valence-corrected chi connectivity index (χ4v) is 2.26. The molecule has 0 fully saturated rings. The molecule has 1 heterocycles. The van der Waals surface area contributed by atoms with E-state index in [0.717, 1.165) is 48.1 Å². The summed E-state index contributed by atoms with van der Waals surface area (Å²) in [5, 5.41) is 18.1. The van der Waals surface area contributed by atoms with Gasteiger partial charge in [0.25, 0.3) is 5.09 Å². The normalized spacial score (nSPS) is 9.73. The summed E-state index contributed by atoms with van der Waals surface area (Å²) in [6.07, 6.45) is 4.90. The van der Waals surface area contributed by atoms with E-state index < -0.39 is 5.09 Å². The number of methoxy groups -OCH3 is 1. The molecular formula is C16H24N6O4. The fourth-order valence-electron chi connectivity index (χ4n) is 2.26. The largest absolute Gasteiger partial charge is 0.497 e. The minimum atomic E-state index is -1.50. The number of nitrogens with two attached hydrogens (primary N) is 2. The van der Waals surface area contributed by atoms with Crippen molar-refractivity contribution in [3.8, 4) is 5.75 Å². The highest BCUT2D eigenvalue weighted by atomic mass is 16.9. The van der Waals surface area contributed by atoms with Crippen molar-refractivity contribution in [2.45, 2.75) is 19.3 Å². The number of ether oxygens (including phenoxy) is 1. The smallest absolute Gasteiger partial charge is 0.291 e. The fraction of sp³-hybridized carbons (Fsp3) is 0.375. The van der Waals surface area contributed by atoms with Crippen LogP contribution in [0.3, 0.4) is 0 Å². The van der Waals surface area contributed by atoms with E-state index in [0.29, 0.717) is 6.54 Å². The first-order chi connectivity index (χ1) is 12.4. The molecule has 10 heteroatoms. The van der Waals surface area contributed by atoms with Crippen molar-refractivity contribution < 1.29 is 15.0 Å². The Morgan fingerprint density at radius 1 is 1.38 bits per heavy atom. The minimum Gasteiger partial charge on any atom is -0.497 e. The summed E-state index contributed by atoms with van der Waals surface area (Å²) in [5.74, 6) is 0.989. The molecule has 0 atom stereocenters. The molecule has 0 unspecified atom stereocenters. The van der Waals surface area contributed by atoms with E-state index in [9.17, 15) is 0 Å². The Labute approximate surface area is 151 Å². The second kappa shape index (κ2) is 11.3. The van der Waals surface area contributed by atoms with E-state index in [-0.39, 0.29) is 5.96 Å². The Bertz CT molecular complexity index is 730. The summed E-state index contributed by atoms with van der Waals surface area (Å²) in [6.45, 7) is 1.56. The van der Waals surface area contributed by atoms with Gasteiger partial charge in [0.2, 0.25) is 0 Å². The van der Waals surface area contributed by atoms with Crippen LogP contribution in [0.4, 0.5) is 5.69 Å². The van der Waals surface area contributed by atoms with Gasteiger partial charge in [-0.05, 0) is 31.4 Å². The molecule has 1 aromatic carbocycles. The van der Waals surface area contributed by atoms with Crippen LogP contribution in [0, 0.1) is 10.1 Å². The lowest BCUT2D eigenvalue weighted by Gasteiger charge is -2.11. The maximum Gasteiger partial charge on any atom is 0.291 e. The van der Waals surface area contributed by atoms with Crippen LogP contribution in [-0.2, 0) is 0 Å². The molecule has 0 bridgehead atoms. The molecule has 0 spiro atoms. The Morgan fingerprint density at radius 2 is 2.12 bits per heavy atom. The highest BCUT2D eigenvalue weighted by Crippen LogP contribution is 2.27. The van der Waals surface area contributed by atoms with Gasteiger partial charge in [-0.15, -0.1) is 10.1 Å². The lowest BCUT2D eigenvalue weighted by molar-refractivity contribution is -0.742. The molecule has 26 heavy (non-hydrogen) atoms. The van der Waals surface area contributed by atoms with Gasteiger partial charge in [0.05, 0.1) is 18.3 Å². The molecule has 10 nitrogen and oxygen atoms in total. The number of unbranched alkanes of at least 4 members (excludes halogenated alkanes) is 2. The standard InChI is InChI=1S/C16H23N5O.HNO3/c1-22-13-10-12-6-5-9-20-15(12)14(11-13)19-7-3-2-4-8-21-16(17)18;2-1(3)4/h5-6,9-11,19H,2-4,7-8H2,1H3,(H4,17,18,21);(H,2,3,4). The number of rotatable bonds is 8. The van der Waals surface area contributed by atoms with E-state index in [2.05, 4.69) is 15.3 Å². The maximum atomic E-state index is 8.36. The molecule has 0 aliphatic rings. The summed E-state index contributed by atoms with van der Waals surface area (Å²) in [5.41, 5.74) is 12.5. The van der Waals surface area contributed by atoms with Crippen LogP contribution in [0.5, 0.6) is 5.75 Å². The van der Waals surface area contributed by atoms with Gasteiger partial charge >= 0.3 is 0 Å². The number of pyridine rings is 1. The van der Waals surface area contributed by atoms with Crippen molar-refractivity contribution in [1.82, 2.24) is 4.98 Å². The van der Waals surface area contributed by atoms with Gasteiger partial charge in [-0.2, -0.15) is 0 Å². The third kappa shape index (κ3) is 7.99. The summed E-state index contributed by atoms with van der Waals surface area (Å²) >= 11 is 0. The highest BCUT2D eigenvalue weighted by Gasteiger charge is 2.05. The van der Waals surface area contributed by atoms with Gasteiger partial charge in [-0.25, -0.2) is 0 Å². The number of hydrogen-bond acceptors (Lipinski definition) is 6. The second-order valence-corrected chi connectivity index (χ2v) is 5.28. The number of fused-ring (bicyclic) bond motifs is 1. The first-order valence-electron chi connectivity index (χ1n) is 7.99. The number of anilines is 1. The number of benzene rings is 1. The van der Waals surface area contributed by atoms with Crippen LogP contribution in [0.1, 0.15) is 19.3 Å². The zero-order valence-electron chi connectivity index (χ0n) is 14.6. The Balaban J connectivity index is 0.000000765. The Hall–Kier alpha value is -3.30.